The Labute approximate surface area is 197 Å². The molecule has 1 saturated carbocycles. The van der Waals surface area contributed by atoms with Gasteiger partial charge in [0.15, 0.2) is 0 Å². The van der Waals surface area contributed by atoms with Gasteiger partial charge in [-0.1, -0.05) is 30.3 Å². The molecule has 3 unspecified atom stereocenters. The molecule has 1 N–H and O–H groups in total. The van der Waals surface area contributed by atoms with E-state index in [-0.39, 0.29) is 22.8 Å². The second-order valence-corrected chi connectivity index (χ2v) is 9.74. The molecule has 2 fully saturated rings. The minimum Gasteiger partial charge on any atom is -0.379 e. The first-order valence-corrected chi connectivity index (χ1v) is 12.5. The van der Waals surface area contributed by atoms with Crippen molar-refractivity contribution in [3.63, 3.8) is 0 Å². The number of thioether (sulfide) groups is 1. The number of aromatic nitrogens is 3. The molecule has 1 saturated heterocycles. The van der Waals surface area contributed by atoms with Crippen LogP contribution in [0.15, 0.2) is 34.4 Å². The average Bonchev–Trinajstić information content (AvgIpc) is 3.24. The van der Waals surface area contributed by atoms with E-state index in [0.29, 0.717) is 22.8 Å². The highest BCUT2D eigenvalue weighted by Crippen LogP contribution is 2.32. The maximum atomic E-state index is 10.8. The minimum atomic E-state index is -0.385. The normalized spacial score (nSPS) is 24.0. The number of nitro groups is 1. The number of ether oxygens (including phenoxy) is 1. The number of hydrogen-bond acceptors (Lipinski definition) is 9. The Kier molecular flexibility index (Phi) is 6.72. The molecule has 11 heteroatoms. The van der Waals surface area contributed by atoms with Gasteiger partial charge in [-0.25, -0.2) is 9.67 Å². The fraction of sp³-hybridized carbons (Fsp3) is 0.591. The number of morpholine rings is 1. The van der Waals surface area contributed by atoms with Gasteiger partial charge < -0.3 is 4.74 Å². The lowest BCUT2D eigenvalue weighted by Crippen LogP contribution is -2.56. The van der Waals surface area contributed by atoms with Crippen molar-refractivity contribution >= 4 is 29.1 Å². The molecular weight excluding hydrogens is 442 g/mol. The predicted molar refractivity (Wildman–Crippen MR) is 126 cm³/mol. The monoisotopic (exact) mass is 471 g/mol. The molecule has 3 atom stereocenters. The van der Waals surface area contributed by atoms with Gasteiger partial charge >= 0.3 is 0 Å². The van der Waals surface area contributed by atoms with Crippen molar-refractivity contribution in [1.82, 2.24) is 25.0 Å². The summed E-state index contributed by atoms with van der Waals surface area (Å²) < 4.78 is 7.42. The third-order valence-electron chi connectivity index (χ3n) is 6.63. The van der Waals surface area contributed by atoms with Crippen LogP contribution < -0.4 is 5.32 Å². The lowest BCUT2D eigenvalue weighted by atomic mass is 9.82. The van der Waals surface area contributed by atoms with E-state index < -0.39 is 0 Å². The molecule has 1 aromatic carbocycles. The molecule has 0 amide bonds. The van der Waals surface area contributed by atoms with Crippen LogP contribution in [0.5, 0.6) is 0 Å². The van der Waals surface area contributed by atoms with E-state index in [1.54, 1.807) is 12.1 Å². The summed E-state index contributed by atoms with van der Waals surface area (Å²) in [6, 6.07) is 6.89. The molecule has 2 aromatic rings. The highest BCUT2D eigenvalue weighted by atomic mass is 32.2. The summed E-state index contributed by atoms with van der Waals surface area (Å²) >= 11 is 1.53. The summed E-state index contributed by atoms with van der Waals surface area (Å²) in [5, 5.41) is 20.0. The molecule has 0 spiro atoms. The van der Waals surface area contributed by atoms with Gasteiger partial charge in [0, 0.05) is 48.6 Å². The zero-order valence-electron chi connectivity index (χ0n) is 18.7. The number of non-ortho nitro benzene ring substituents is 1. The zero-order chi connectivity index (χ0) is 22.8. The first kappa shape index (κ1) is 22.5. The first-order chi connectivity index (χ1) is 16.1. The number of benzene rings is 1. The van der Waals surface area contributed by atoms with Crippen LogP contribution in [0.3, 0.4) is 0 Å². The maximum absolute atomic E-state index is 10.8. The van der Waals surface area contributed by atoms with E-state index in [4.69, 9.17) is 9.73 Å². The largest absolute Gasteiger partial charge is 0.379 e. The molecule has 5 rings (SSSR count). The predicted octanol–water partition coefficient (Wildman–Crippen LogP) is 3.00. The van der Waals surface area contributed by atoms with Crippen molar-refractivity contribution < 1.29 is 9.66 Å². The van der Waals surface area contributed by atoms with E-state index in [0.717, 1.165) is 51.3 Å². The maximum Gasteiger partial charge on any atom is 0.269 e. The second kappa shape index (κ2) is 9.88. The average molecular weight is 472 g/mol. The summed E-state index contributed by atoms with van der Waals surface area (Å²) in [6.07, 6.45) is 3.70. The molecule has 0 bridgehead atoms. The van der Waals surface area contributed by atoms with E-state index in [9.17, 15) is 10.1 Å². The molecule has 3 heterocycles. The SMILES string of the molecule is CC(NC1CCCC2Cn3nc(SCc4ccc([N+](=O)[O-])cc4)nc3N=C21)N1CCOCC1. The van der Waals surface area contributed by atoms with Crippen molar-refractivity contribution in [2.45, 2.75) is 55.8 Å². The Morgan fingerprint density at radius 1 is 1.27 bits per heavy atom. The second-order valence-electron chi connectivity index (χ2n) is 8.80. The number of hydrogen-bond donors (Lipinski definition) is 1. The molecule has 176 valence electrons. The summed E-state index contributed by atoms with van der Waals surface area (Å²) in [7, 11) is 0. The summed E-state index contributed by atoms with van der Waals surface area (Å²) in [5.41, 5.74) is 2.32. The highest BCUT2D eigenvalue weighted by Gasteiger charge is 2.35. The fourth-order valence-corrected chi connectivity index (χ4v) is 5.59. The number of nitrogens with zero attached hydrogens (tertiary/aromatic N) is 6. The third kappa shape index (κ3) is 5.11. The number of fused-ring (bicyclic) bond motifs is 2. The standard InChI is InChI=1S/C22H29N7O3S/c1-15(27-9-11-32-12-10-27)23-19-4-2-3-17-13-28-21(24-20(17)19)25-22(26-28)33-14-16-5-7-18(8-6-16)29(30)31/h5-8,15,17,19,23H,2-4,9-14H2,1H3. The summed E-state index contributed by atoms with van der Waals surface area (Å²) in [6.45, 7) is 6.56. The number of nitro benzene ring substituents is 1. The molecule has 1 aliphatic carbocycles. The number of nitrogens with one attached hydrogen (secondary N) is 1. The van der Waals surface area contributed by atoms with Crippen molar-refractivity contribution in [3.05, 3.63) is 39.9 Å². The Morgan fingerprint density at radius 2 is 2.06 bits per heavy atom. The van der Waals surface area contributed by atoms with Gasteiger partial charge in [0.1, 0.15) is 0 Å². The van der Waals surface area contributed by atoms with Crippen molar-refractivity contribution in [2.24, 2.45) is 10.9 Å². The van der Waals surface area contributed by atoms with Gasteiger partial charge in [-0.15, -0.1) is 5.10 Å². The molecule has 1 aromatic heterocycles. The summed E-state index contributed by atoms with van der Waals surface area (Å²) in [4.78, 5) is 22.5. The van der Waals surface area contributed by atoms with Crippen molar-refractivity contribution in [3.8, 4) is 0 Å². The molecular formula is C22H29N7O3S. The van der Waals surface area contributed by atoms with Crippen LogP contribution in [0.1, 0.15) is 31.7 Å². The molecule has 10 nitrogen and oxygen atoms in total. The van der Waals surface area contributed by atoms with Gasteiger partial charge in [0.05, 0.1) is 30.8 Å². The Morgan fingerprint density at radius 3 is 2.82 bits per heavy atom. The van der Waals surface area contributed by atoms with Crippen LogP contribution in [0.4, 0.5) is 11.6 Å². The van der Waals surface area contributed by atoms with Gasteiger partial charge in [-0.05, 0) is 25.3 Å². The van der Waals surface area contributed by atoms with Gasteiger partial charge in [0.25, 0.3) is 5.69 Å². The summed E-state index contributed by atoms with van der Waals surface area (Å²) in [5.74, 6) is 1.73. The van der Waals surface area contributed by atoms with E-state index in [1.807, 2.05) is 4.68 Å². The highest BCUT2D eigenvalue weighted by molar-refractivity contribution is 7.98. The lowest BCUT2D eigenvalue weighted by molar-refractivity contribution is -0.384. The van der Waals surface area contributed by atoms with Gasteiger partial charge in [-0.3, -0.25) is 20.3 Å². The van der Waals surface area contributed by atoms with Gasteiger partial charge in [0.2, 0.25) is 11.1 Å². The molecule has 2 aliphatic heterocycles. The number of rotatable bonds is 7. The van der Waals surface area contributed by atoms with Crippen LogP contribution in [0, 0.1) is 16.0 Å². The first-order valence-electron chi connectivity index (χ1n) is 11.5. The third-order valence-corrected chi connectivity index (χ3v) is 7.54. The van der Waals surface area contributed by atoms with Crippen LogP contribution in [0.25, 0.3) is 0 Å². The Hall–Kier alpha value is -2.34. The van der Waals surface area contributed by atoms with Crippen LogP contribution in [-0.2, 0) is 17.0 Å². The molecule has 3 aliphatic rings. The quantitative estimate of drug-likeness (QED) is 0.373. The van der Waals surface area contributed by atoms with Crippen molar-refractivity contribution in [1.29, 1.82) is 0 Å². The Bertz CT molecular complexity index is 1020. The topological polar surface area (TPSA) is 111 Å². The number of aliphatic imine (C=N–C) groups is 1. The van der Waals surface area contributed by atoms with E-state index >= 15 is 0 Å². The van der Waals surface area contributed by atoms with Crippen LogP contribution in [0.2, 0.25) is 0 Å². The lowest BCUT2D eigenvalue weighted by Gasteiger charge is -2.39. The molecule has 33 heavy (non-hydrogen) atoms. The van der Waals surface area contributed by atoms with Gasteiger partial charge in [-0.2, -0.15) is 4.98 Å². The molecule has 0 radical (unpaired) electrons. The van der Waals surface area contributed by atoms with E-state index in [2.05, 4.69) is 27.2 Å². The van der Waals surface area contributed by atoms with Crippen LogP contribution >= 0.6 is 11.8 Å². The van der Waals surface area contributed by atoms with E-state index in [1.165, 1.54) is 36.0 Å². The van der Waals surface area contributed by atoms with Crippen LogP contribution in [-0.4, -0.2) is 68.8 Å². The smallest absolute Gasteiger partial charge is 0.269 e. The Balaban J connectivity index is 1.25. The fourth-order valence-electron chi connectivity index (χ4n) is 4.80. The zero-order valence-corrected chi connectivity index (χ0v) is 19.5. The minimum absolute atomic E-state index is 0.101. The van der Waals surface area contributed by atoms with Crippen molar-refractivity contribution in [2.75, 3.05) is 26.3 Å².